The van der Waals surface area contributed by atoms with Crippen LogP contribution in [0, 0.1) is 12.8 Å². The Morgan fingerprint density at radius 1 is 1.48 bits per heavy atom. The predicted molar refractivity (Wildman–Crippen MR) is 83.1 cm³/mol. The molecule has 2 rings (SSSR count). The fourth-order valence-electron chi connectivity index (χ4n) is 2.67. The van der Waals surface area contributed by atoms with E-state index < -0.39 is 0 Å². The highest BCUT2D eigenvalue weighted by Gasteiger charge is 2.29. The molecule has 1 aromatic rings. The molecule has 1 atom stereocenters. The van der Waals surface area contributed by atoms with Crippen molar-refractivity contribution in [3.63, 3.8) is 0 Å². The van der Waals surface area contributed by atoms with Crippen molar-refractivity contribution in [2.45, 2.75) is 46.6 Å². The van der Waals surface area contributed by atoms with Gasteiger partial charge < -0.3 is 10.2 Å². The monoisotopic (exact) mass is 309 g/mol. The number of carbonyl (C=O) groups excluding carboxylic acids is 2. The first kappa shape index (κ1) is 15.9. The van der Waals surface area contributed by atoms with E-state index in [0.717, 1.165) is 22.0 Å². The number of hydrogen-bond acceptors (Lipinski definition) is 4. The van der Waals surface area contributed by atoms with Gasteiger partial charge in [-0.1, -0.05) is 6.92 Å². The Kier molecular flexibility index (Phi) is 5.33. The summed E-state index contributed by atoms with van der Waals surface area (Å²) < 4.78 is 0. The highest BCUT2D eigenvalue weighted by Crippen LogP contribution is 2.20. The van der Waals surface area contributed by atoms with Crippen LogP contribution in [0.15, 0.2) is 0 Å². The Hall–Kier alpha value is -1.43. The van der Waals surface area contributed by atoms with Gasteiger partial charge in [-0.05, 0) is 26.7 Å². The molecule has 1 aromatic heterocycles. The fourth-order valence-corrected chi connectivity index (χ4v) is 3.64. The molecule has 1 unspecified atom stereocenters. The second-order valence-corrected chi connectivity index (χ2v) is 6.63. The van der Waals surface area contributed by atoms with Crippen molar-refractivity contribution in [3.05, 3.63) is 15.6 Å². The summed E-state index contributed by atoms with van der Waals surface area (Å²) in [5.74, 6) is 0.128. The van der Waals surface area contributed by atoms with Crippen molar-refractivity contribution < 1.29 is 9.59 Å². The number of amides is 2. The second-order valence-electron chi connectivity index (χ2n) is 5.34. The summed E-state index contributed by atoms with van der Waals surface area (Å²) in [6.45, 7) is 7.78. The Morgan fingerprint density at radius 3 is 2.90 bits per heavy atom. The third-order valence-electron chi connectivity index (χ3n) is 3.90. The molecule has 0 aromatic carbocycles. The molecule has 0 saturated carbocycles. The minimum Gasteiger partial charge on any atom is -0.351 e. The van der Waals surface area contributed by atoms with E-state index >= 15 is 0 Å². The number of aryl methyl sites for hydroxylation is 2. The molecule has 1 aliphatic rings. The van der Waals surface area contributed by atoms with Crippen LogP contribution in [0.25, 0.3) is 0 Å². The lowest BCUT2D eigenvalue weighted by atomic mass is 9.96. The summed E-state index contributed by atoms with van der Waals surface area (Å²) in [6, 6.07) is 0. The highest BCUT2D eigenvalue weighted by molar-refractivity contribution is 7.11. The molecule has 5 nitrogen and oxygen atoms in total. The molecule has 0 bridgehead atoms. The number of piperidine rings is 1. The summed E-state index contributed by atoms with van der Waals surface area (Å²) in [5.41, 5.74) is 1.08. The van der Waals surface area contributed by atoms with E-state index in [-0.39, 0.29) is 17.7 Å². The summed E-state index contributed by atoms with van der Waals surface area (Å²) in [4.78, 5) is 31.3. The Labute approximate surface area is 129 Å². The van der Waals surface area contributed by atoms with Crippen molar-refractivity contribution in [1.29, 1.82) is 0 Å². The van der Waals surface area contributed by atoms with E-state index in [0.29, 0.717) is 32.5 Å². The topological polar surface area (TPSA) is 62.3 Å². The van der Waals surface area contributed by atoms with Crippen LogP contribution in [0.1, 0.15) is 42.3 Å². The van der Waals surface area contributed by atoms with Crippen LogP contribution in [0.4, 0.5) is 0 Å². The van der Waals surface area contributed by atoms with Gasteiger partial charge in [0.2, 0.25) is 11.8 Å². The summed E-state index contributed by atoms with van der Waals surface area (Å²) in [7, 11) is 0. The summed E-state index contributed by atoms with van der Waals surface area (Å²) >= 11 is 1.64. The van der Waals surface area contributed by atoms with Crippen molar-refractivity contribution in [3.8, 4) is 0 Å². The molecule has 2 heterocycles. The average Bonchev–Trinajstić information content (AvgIpc) is 2.85. The van der Waals surface area contributed by atoms with Gasteiger partial charge in [-0.15, -0.1) is 11.3 Å². The van der Waals surface area contributed by atoms with Gasteiger partial charge in [-0.3, -0.25) is 9.59 Å². The number of nitrogens with zero attached hydrogens (tertiary/aromatic N) is 2. The number of rotatable bonds is 5. The first-order chi connectivity index (χ1) is 10.0. The van der Waals surface area contributed by atoms with E-state index in [4.69, 9.17) is 0 Å². The standard InChI is InChI=1S/C15H23N3O2S/c1-4-12-13(21-10(3)17-12)8-16-15(20)11-6-7-14(19)18(5-2)9-11/h11H,4-9H2,1-3H3,(H,16,20). The summed E-state index contributed by atoms with van der Waals surface area (Å²) in [5, 5.41) is 4.05. The van der Waals surface area contributed by atoms with Crippen LogP contribution in [0.3, 0.4) is 0 Å². The van der Waals surface area contributed by atoms with E-state index in [1.54, 1.807) is 16.2 Å². The number of nitrogens with one attached hydrogen (secondary N) is 1. The molecule has 0 aliphatic carbocycles. The smallest absolute Gasteiger partial charge is 0.225 e. The van der Waals surface area contributed by atoms with E-state index in [2.05, 4.69) is 17.2 Å². The molecule has 1 saturated heterocycles. The maximum atomic E-state index is 12.3. The average molecular weight is 309 g/mol. The second kappa shape index (κ2) is 7.02. The molecule has 2 amide bonds. The zero-order valence-electron chi connectivity index (χ0n) is 12.9. The number of thiazole rings is 1. The van der Waals surface area contributed by atoms with Crippen molar-refractivity contribution in [2.75, 3.05) is 13.1 Å². The van der Waals surface area contributed by atoms with Gasteiger partial charge in [0.25, 0.3) is 0 Å². The lowest BCUT2D eigenvalue weighted by Crippen LogP contribution is -2.45. The SMILES string of the molecule is CCc1nc(C)sc1CNC(=O)C1CCC(=O)N(CC)C1. The Balaban J connectivity index is 1.91. The van der Waals surface area contributed by atoms with Crippen LogP contribution in [0.2, 0.25) is 0 Å². The largest absolute Gasteiger partial charge is 0.351 e. The minimum absolute atomic E-state index is 0.0501. The van der Waals surface area contributed by atoms with Gasteiger partial charge in [0.1, 0.15) is 0 Å². The van der Waals surface area contributed by atoms with Gasteiger partial charge in [-0.25, -0.2) is 4.98 Å². The molecule has 1 aliphatic heterocycles. The minimum atomic E-state index is -0.0817. The van der Waals surface area contributed by atoms with Crippen molar-refractivity contribution >= 4 is 23.2 Å². The molecule has 6 heteroatoms. The van der Waals surface area contributed by atoms with Crippen molar-refractivity contribution in [1.82, 2.24) is 15.2 Å². The lowest BCUT2D eigenvalue weighted by molar-refractivity contribution is -0.138. The van der Waals surface area contributed by atoms with E-state index in [1.165, 1.54) is 0 Å². The van der Waals surface area contributed by atoms with E-state index in [9.17, 15) is 9.59 Å². The molecule has 116 valence electrons. The van der Waals surface area contributed by atoms with E-state index in [1.807, 2.05) is 13.8 Å². The zero-order valence-corrected chi connectivity index (χ0v) is 13.8. The summed E-state index contributed by atoms with van der Waals surface area (Å²) in [6.07, 6.45) is 2.02. The first-order valence-electron chi connectivity index (χ1n) is 7.55. The lowest BCUT2D eigenvalue weighted by Gasteiger charge is -2.30. The number of hydrogen-bond donors (Lipinski definition) is 1. The first-order valence-corrected chi connectivity index (χ1v) is 8.37. The molecule has 0 radical (unpaired) electrons. The predicted octanol–water partition coefficient (Wildman–Crippen LogP) is 1.89. The van der Waals surface area contributed by atoms with Gasteiger partial charge in [0.05, 0.1) is 23.2 Å². The Morgan fingerprint density at radius 2 is 2.24 bits per heavy atom. The molecular weight excluding hydrogens is 286 g/mol. The van der Waals surface area contributed by atoms with Gasteiger partial charge >= 0.3 is 0 Å². The maximum Gasteiger partial charge on any atom is 0.225 e. The van der Waals surface area contributed by atoms with Gasteiger partial charge in [0.15, 0.2) is 0 Å². The molecule has 1 N–H and O–H groups in total. The maximum absolute atomic E-state index is 12.3. The van der Waals surface area contributed by atoms with Crippen LogP contribution in [0.5, 0.6) is 0 Å². The van der Waals surface area contributed by atoms with Crippen LogP contribution >= 0.6 is 11.3 Å². The third-order valence-corrected chi connectivity index (χ3v) is 4.91. The quantitative estimate of drug-likeness (QED) is 0.903. The number of carbonyl (C=O) groups is 2. The van der Waals surface area contributed by atoms with Gasteiger partial charge in [0, 0.05) is 24.4 Å². The molecule has 21 heavy (non-hydrogen) atoms. The van der Waals surface area contributed by atoms with Gasteiger partial charge in [-0.2, -0.15) is 0 Å². The van der Waals surface area contributed by atoms with Crippen LogP contribution in [-0.4, -0.2) is 34.8 Å². The normalized spacial score (nSPS) is 18.9. The molecular formula is C15H23N3O2S. The zero-order chi connectivity index (χ0) is 15.4. The fraction of sp³-hybridized carbons (Fsp3) is 0.667. The van der Waals surface area contributed by atoms with Crippen LogP contribution < -0.4 is 5.32 Å². The number of likely N-dealkylation sites (tertiary alicyclic amines) is 1. The molecule has 1 fully saturated rings. The van der Waals surface area contributed by atoms with Crippen LogP contribution in [-0.2, 0) is 22.6 Å². The third kappa shape index (κ3) is 3.81. The highest BCUT2D eigenvalue weighted by atomic mass is 32.1. The van der Waals surface area contributed by atoms with Crippen molar-refractivity contribution in [2.24, 2.45) is 5.92 Å². The molecule has 0 spiro atoms. The Bertz CT molecular complexity index is 527. The number of aromatic nitrogens is 1.